The molecule has 0 bridgehead atoms. The smallest absolute Gasteiger partial charge is 0.224 e. The Morgan fingerprint density at radius 1 is 1.10 bits per heavy atom. The number of rotatable bonds is 4. The highest BCUT2D eigenvalue weighted by Gasteiger charge is 2.18. The van der Waals surface area contributed by atoms with Gasteiger partial charge in [-0.1, -0.05) is 43.2 Å². The predicted molar refractivity (Wildman–Crippen MR) is 82.7 cm³/mol. The molecule has 1 aromatic carbocycles. The second kappa shape index (κ2) is 6.48. The lowest BCUT2D eigenvalue weighted by Gasteiger charge is -2.09. The summed E-state index contributed by atoms with van der Waals surface area (Å²) in [5, 5.41) is 2.88. The van der Waals surface area contributed by atoms with Gasteiger partial charge in [-0.3, -0.25) is 4.79 Å². The SMILES string of the molecule is O=C(CC1CCCC1)Nc1cnc(-c2ccccc2)nc1. The van der Waals surface area contributed by atoms with E-state index in [9.17, 15) is 4.79 Å². The first-order valence-electron chi connectivity index (χ1n) is 7.48. The van der Waals surface area contributed by atoms with Gasteiger partial charge in [-0.05, 0) is 18.8 Å². The molecule has 4 nitrogen and oxygen atoms in total. The predicted octanol–water partition coefficient (Wildman–Crippen LogP) is 3.66. The zero-order valence-electron chi connectivity index (χ0n) is 12.0. The Labute approximate surface area is 124 Å². The average Bonchev–Trinajstić information content (AvgIpc) is 3.02. The Balaban J connectivity index is 1.60. The van der Waals surface area contributed by atoms with Crippen LogP contribution >= 0.6 is 0 Å². The third-order valence-corrected chi connectivity index (χ3v) is 3.92. The van der Waals surface area contributed by atoms with E-state index in [0.29, 0.717) is 23.9 Å². The summed E-state index contributed by atoms with van der Waals surface area (Å²) in [5.74, 6) is 1.29. The lowest BCUT2D eigenvalue weighted by atomic mass is 10.0. The topological polar surface area (TPSA) is 54.9 Å². The fourth-order valence-electron chi connectivity index (χ4n) is 2.82. The lowest BCUT2D eigenvalue weighted by molar-refractivity contribution is -0.117. The van der Waals surface area contributed by atoms with Crippen LogP contribution < -0.4 is 5.32 Å². The summed E-state index contributed by atoms with van der Waals surface area (Å²) in [6, 6.07) is 9.80. The third-order valence-electron chi connectivity index (χ3n) is 3.92. The van der Waals surface area contributed by atoms with E-state index >= 15 is 0 Å². The van der Waals surface area contributed by atoms with Gasteiger partial charge < -0.3 is 5.32 Å². The molecule has 1 aliphatic carbocycles. The maximum absolute atomic E-state index is 12.0. The minimum atomic E-state index is 0.0676. The number of carbonyl (C=O) groups excluding carboxylic acids is 1. The van der Waals surface area contributed by atoms with Gasteiger partial charge in [-0.15, -0.1) is 0 Å². The van der Waals surface area contributed by atoms with Crippen LogP contribution in [-0.4, -0.2) is 15.9 Å². The van der Waals surface area contributed by atoms with Gasteiger partial charge in [0.05, 0.1) is 18.1 Å². The van der Waals surface area contributed by atoms with Crippen LogP contribution in [0.4, 0.5) is 5.69 Å². The molecule has 1 saturated carbocycles. The first-order valence-corrected chi connectivity index (χ1v) is 7.48. The standard InChI is InChI=1S/C17H19N3O/c21-16(10-13-6-4-5-7-13)20-15-11-18-17(19-12-15)14-8-2-1-3-9-14/h1-3,8-9,11-13H,4-7,10H2,(H,20,21). The Kier molecular flexibility index (Phi) is 4.24. The molecule has 21 heavy (non-hydrogen) atoms. The summed E-state index contributed by atoms with van der Waals surface area (Å²) in [7, 11) is 0. The number of nitrogens with zero attached hydrogens (tertiary/aromatic N) is 2. The van der Waals surface area contributed by atoms with E-state index in [1.807, 2.05) is 30.3 Å². The number of carbonyl (C=O) groups is 1. The molecule has 0 spiro atoms. The number of hydrogen-bond donors (Lipinski definition) is 1. The van der Waals surface area contributed by atoms with Gasteiger partial charge in [0.1, 0.15) is 0 Å². The summed E-state index contributed by atoms with van der Waals surface area (Å²) in [4.78, 5) is 20.6. The molecule has 1 heterocycles. The summed E-state index contributed by atoms with van der Waals surface area (Å²) >= 11 is 0. The molecule has 1 N–H and O–H groups in total. The lowest BCUT2D eigenvalue weighted by Crippen LogP contribution is -2.15. The minimum absolute atomic E-state index is 0.0676. The molecule has 108 valence electrons. The van der Waals surface area contributed by atoms with E-state index in [4.69, 9.17) is 0 Å². The van der Waals surface area contributed by atoms with Crippen molar-refractivity contribution in [1.82, 2.24) is 9.97 Å². The Hall–Kier alpha value is -2.23. The maximum Gasteiger partial charge on any atom is 0.224 e. The zero-order chi connectivity index (χ0) is 14.5. The normalized spacial score (nSPS) is 15.0. The molecule has 0 atom stereocenters. The Morgan fingerprint density at radius 2 is 1.76 bits per heavy atom. The van der Waals surface area contributed by atoms with Crippen LogP contribution in [0.15, 0.2) is 42.7 Å². The molecule has 0 radical (unpaired) electrons. The number of anilines is 1. The van der Waals surface area contributed by atoms with Crippen molar-refractivity contribution in [1.29, 1.82) is 0 Å². The van der Waals surface area contributed by atoms with Crippen molar-refractivity contribution < 1.29 is 4.79 Å². The molecule has 0 aliphatic heterocycles. The number of hydrogen-bond acceptors (Lipinski definition) is 3. The van der Waals surface area contributed by atoms with Crippen LogP contribution in [0.2, 0.25) is 0 Å². The van der Waals surface area contributed by atoms with Crippen LogP contribution in [0.1, 0.15) is 32.1 Å². The number of benzene rings is 1. The summed E-state index contributed by atoms with van der Waals surface area (Å²) < 4.78 is 0. The van der Waals surface area contributed by atoms with Gasteiger partial charge in [0, 0.05) is 12.0 Å². The first kappa shape index (κ1) is 13.7. The van der Waals surface area contributed by atoms with E-state index in [-0.39, 0.29) is 5.91 Å². The highest BCUT2D eigenvalue weighted by Crippen LogP contribution is 2.27. The van der Waals surface area contributed by atoms with Crippen molar-refractivity contribution in [2.45, 2.75) is 32.1 Å². The van der Waals surface area contributed by atoms with Gasteiger partial charge in [-0.25, -0.2) is 9.97 Å². The number of aromatic nitrogens is 2. The van der Waals surface area contributed by atoms with Crippen molar-refractivity contribution in [2.75, 3.05) is 5.32 Å². The van der Waals surface area contributed by atoms with Gasteiger partial charge >= 0.3 is 0 Å². The summed E-state index contributed by atoms with van der Waals surface area (Å²) in [6.07, 6.45) is 8.82. The molecule has 3 rings (SSSR count). The van der Waals surface area contributed by atoms with E-state index in [1.54, 1.807) is 12.4 Å². The van der Waals surface area contributed by atoms with Crippen LogP contribution in [0.3, 0.4) is 0 Å². The van der Waals surface area contributed by atoms with Crippen LogP contribution in [0.25, 0.3) is 11.4 Å². The van der Waals surface area contributed by atoms with Gasteiger partial charge in [0.25, 0.3) is 0 Å². The molecule has 0 unspecified atom stereocenters. The van der Waals surface area contributed by atoms with E-state index < -0.39 is 0 Å². The largest absolute Gasteiger partial charge is 0.323 e. The van der Waals surface area contributed by atoms with Gasteiger partial charge in [0.2, 0.25) is 5.91 Å². The quantitative estimate of drug-likeness (QED) is 0.930. The molecule has 4 heteroatoms. The fourth-order valence-corrected chi connectivity index (χ4v) is 2.82. The van der Waals surface area contributed by atoms with Crippen molar-refractivity contribution in [3.8, 4) is 11.4 Å². The van der Waals surface area contributed by atoms with Crippen LogP contribution in [0.5, 0.6) is 0 Å². The van der Waals surface area contributed by atoms with Crippen molar-refractivity contribution in [3.63, 3.8) is 0 Å². The van der Waals surface area contributed by atoms with Crippen molar-refractivity contribution >= 4 is 11.6 Å². The number of amides is 1. The Morgan fingerprint density at radius 3 is 2.43 bits per heavy atom. The molecule has 1 aliphatic rings. The molecule has 0 saturated heterocycles. The van der Waals surface area contributed by atoms with Crippen LogP contribution in [0, 0.1) is 5.92 Å². The molecule has 2 aromatic rings. The highest BCUT2D eigenvalue weighted by atomic mass is 16.1. The molecule has 1 aromatic heterocycles. The minimum Gasteiger partial charge on any atom is -0.323 e. The molecule has 1 amide bonds. The Bertz CT molecular complexity index is 589. The molecular formula is C17H19N3O. The third kappa shape index (κ3) is 3.66. The number of nitrogens with one attached hydrogen (secondary N) is 1. The average molecular weight is 281 g/mol. The molecular weight excluding hydrogens is 262 g/mol. The van der Waals surface area contributed by atoms with Gasteiger partial charge in [0.15, 0.2) is 5.82 Å². The van der Waals surface area contributed by atoms with E-state index in [1.165, 1.54) is 25.7 Å². The first-order chi connectivity index (χ1) is 10.3. The highest BCUT2D eigenvalue weighted by molar-refractivity contribution is 5.90. The molecule has 1 fully saturated rings. The van der Waals surface area contributed by atoms with Crippen molar-refractivity contribution in [3.05, 3.63) is 42.7 Å². The maximum atomic E-state index is 12.0. The fraction of sp³-hybridized carbons (Fsp3) is 0.353. The van der Waals surface area contributed by atoms with E-state index in [2.05, 4.69) is 15.3 Å². The van der Waals surface area contributed by atoms with Gasteiger partial charge in [-0.2, -0.15) is 0 Å². The van der Waals surface area contributed by atoms with Crippen molar-refractivity contribution in [2.24, 2.45) is 5.92 Å². The van der Waals surface area contributed by atoms with Crippen LogP contribution in [-0.2, 0) is 4.79 Å². The second-order valence-corrected chi connectivity index (χ2v) is 5.56. The monoisotopic (exact) mass is 281 g/mol. The van der Waals surface area contributed by atoms with E-state index in [0.717, 1.165) is 5.56 Å². The second-order valence-electron chi connectivity index (χ2n) is 5.56. The summed E-state index contributed by atoms with van der Waals surface area (Å²) in [6.45, 7) is 0. The zero-order valence-corrected chi connectivity index (χ0v) is 12.0. The summed E-state index contributed by atoms with van der Waals surface area (Å²) in [5.41, 5.74) is 1.64.